The molecule has 0 fully saturated rings. The summed E-state index contributed by atoms with van der Waals surface area (Å²) < 4.78 is 0. The van der Waals surface area contributed by atoms with Crippen molar-refractivity contribution in [3.63, 3.8) is 0 Å². The maximum atomic E-state index is 11.2. The molecule has 0 atom stereocenters. The first-order chi connectivity index (χ1) is 7.59. The molecule has 1 N–H and O–H groups in total. The fraction of sp³-hybridized carbons (Fsp3) is 0.214. The largest absolute Gasteiger partial charge is 0.478 e. The van der Waals surface area contributed by atoms with Crippen molar-refractivity contribution in [3.8, 4) is 0 Å². The lowest BCUT2D eigenvalue weighted by Crippen LogP contribution is -2.00. The molecule has 2 aromatic carbocycles. The van der Waals surface area contributed by atoms with E-state index in [2.05, 4.69) is 19.9 Å². The minimum atomic E-state index is -0.862. The Balaban J connectivity index is 2.79. The third-order valence-corrected chi connectivity index (χ3v) is 2.78. The molecule has 0 unspecified atom stereocenters. The van der Waals surface area contributed by atoms with Crippen molar-refractivity contribution < 1.29 is 9.90 Å². The first-order valence-electron chi connectivity index (χ1n) is 5.35. The Hall–Kier alpha value is -1.83. The van der Waals surface area contributed by atoms with Gasteiger partial charge in [-0.05, 0) is 28.3 Å². The Morgan fingerprint density at radius 2 is 1.88 bits per heavy atom. The minimum absolute atomic E-state index is 0.336. The van der Waals surface area contributed by atoms with Crippen LogP contribution in [0, 0.1) is 0 Å². The second-order valence-corrected chi connectivity index (χ2v) is 4.25. The van der Waals surface area contributed by atoms with E-state index >= 15 is 0 Å². The van der Waals surface area contributed by atoms with Crippen LogP contribution in [0.5, 0.6) is 0 Å². The molecule has 0 aromatic heterocycles. The number of fused-ring (bicyclic) bond motifs is 1. The van der Waals surface area contributed by atoms with Crippen molar-refractivity contribution in [1.29, 1.82) is 0 Å². The van der Waals surface area contributed by atoms with Gasteiger partial charge in [-0.25, -0.2) is 4.79 Å². The third-order valence-electron chi connectivity index (χ3n) is 2.78. The molecule has 0 bridgehead atoms. The van der Waals surface area contributed by atoms with Gasteiger partial charge in [0.05, 0.1) is 5.56 Å². The summed E-state index contributed by atoms with van der Waals surface area (Å²) >= 11 is 0. The number of carboxylic acids is 1. The highest BCUT2D eigenvalue weighted by molar-refractivity contribution is 6.04. The average molecular weight is 214 g/mol. The van der Waals surface area contributed by atoms with Crippen molar-refractivity contribution in [1.82, 2.24) is 0 Å². The van der Waals surface area contributed by atoms with Gasteiger partial charge in [0.15, 0.2) is 0 Å². The van der Waals surface area contributed by atoms with E-state index in [1.807, 2.05) is 24.3 Å². The van der Waals surface area contributed by atoms with Crippen LogP contribution in [0.25, 0.3) is 10.8 Å². The molecule has 0 aliphatic heterocycles. The number of carbonyl (C=O) groups is 1. The van der Waals surface area contributed by atoms with Crippen LogP contribution in [0.4, 0.5) is 0 Å². The number of rotatable bonds is 2. The molecule has 0 saturated heterocycles. The van der Waals surface area contributed by atoms with E-state index in [0.29, 0.717) is 11.5 Å². The molecule has 0 heterocycles. The van der Waals surface area contributed by atoms with Crippen LogP contribution in [0.2, 0.25) is 0 Å². The molecule has 2 heteroatoms. The fourth-order valence-electron chi connectivity index (χ4n) is 1.84. The molecule has 0 amide bonds. The van der Waals surface area contributed by atoms with Gasteiger partial charge < -0.3 is 5.11 Å². The smallest absolute Gasteiger partial charge is 0.336 e. The summed E-state index contributed by atoms with van der Waals surface area (Å²) in [5.74, 6) is -0.526. The molecule has 2 nitrogen and oxygen atoms in total. The molecule has 2 aromatic rings. The summed E-state index contributed by atoms with van der Waals surface area (Å²) in [5.41, 5.74) is 1.46. The van der Waals surface area contributed by atoms with Crippen LogP contribution < -0.4 is 0 Å². The van der Waals surface area contributed by atoms with Crippen LogP contribution >= 0.6 is 0 Å². The second-order valence-electron chi connectivity index (χ2n) is 4.25. The first-order valence-corrected chi connectivity index (χ1v) is 5.35. The normalized spacial score (nSPS) is 10.9. The van der Waals surface area contributed by atoms with Crippen molar-refractivity contribution in [3.05, 3.63) is 47.5 Å². The van der Waals surface area contributed by atoms with Gasteiger partial charge in [0.25, 0.3) is 0 Å². The highest BCUT2D eigenvalue weighted by Gasteiger charge is 2.11. The molecular weight excluding hydrogens is 200 g/mol. The van der Waals surface area contributed by atoms with E-state index in [1.54, 1.807) is 6.07 Å². The van der Waals surface area contributed by atoms with Crippen molar-refractivity contribution in [2.45, 2.75) is 19.8 Å². The SMILES string of the molecule is CC(C)c1cc(C(=O)O)c2ccccc2c1. The first kappa shape index (κ1) is 10.7. The molecule has 2 rings (SSSR count). The maximum Gasteiger partial charge on any atom is 0.336 e. The lowest BCUT2D eigenvalue weighted by Gasteiger charge is -2.09. The summed E-state index contributed by atoms with van der Waals surface area (Å²) in [7, 11) is 0. The number of hydrogen-bond donors (Lipinski definition) is 1. The van der Waals surface area contributed by atoms with Crippen molar-refractivity contribution >= 4 is 16.7 Å². The Labute approximate surface area is 94.5 Å². The highest BCUT2D eigenvalue weighted by Crippen LogP contribution is 2.25. The van der Waals surface area contributed by atoms with Gasteiger partial charge in [-0.3, -0.25) is 0 Å². The number of benzene rings is 2. The third kappa shape index (κ3) is 1.78. The predicted molar refractivity (Wildman–Crippen MR) is 65.0 cm³/mol. The van der Waals surface area contributed by atoms with E-state index in [0.717, 1.165) is 16.3 Å². The average Bonchev–Trinajstić information content (AvgIpc) is 2.27. The van der Waals surface area contributed by atoms with Crippen LogP contribution in [-0.4, -0.2) is 11.1 Å². The number of aromatic carboxylic acids is 1. The van der Waals surface area contributed by atoms with Crippen LogP contribution in [0.1, 0.15) is 35.7 Å². The zero-order valence-corrected chi connectivity index (χ0v) is 9.40. The van der Waals surface area contributed by atoms with E-state index in [4.69, 9.17) is 0 Å². The molecular formula is C14H14O2. The van der Waals surface area contributed by atoms with E-state index < -0.39 is 5.97 Å². The molecule has 0 aliphatic carbocycles. The second kappa shape index (κ2) is 3.97. The molecule has 0 aliphatic rings. The zero-order valence-electron chi connectivity index (χ0n) is 9.40. The minimum Gasteiger partial charge on any atom is -0.478 e. The highest BCUT2D eigenvalue weighted by atomic mass is 16.4. The lowest BCUT2D eigenvalue weighted by molar-refractivity contribution is 0.0699. The monoisotopic (exact) mass is 214 g/mol. The van der Waals surface area contributed by atoms with Gasteiger partial charge in [0.2, 0.25) is 0 Å². The van der Waals surface area contributed by atoms with Crippen LogP contribution in [0.3, 0.4) is 0 Å². The summed E-state index contributed by atoms with van der Waals surface area (Å²) in [6.45, 7) is 4.13. The Morgan fingerprint density at radius 3 is 2.50 bits per heavy atom. The van der Waals surface area contributed by atoms with Gasteiger partial charge in [0, 0.05) is 0 Å². The summed E-state index contributed by atoms with van der Waals surface area (Å²) in [5, 5.41) is 11.0. The van der Waals surface area contributed by atoms with Crippen molar-refractivity contribution in [2.24, 2.45) is 0 Å². The maximum absolute atomic E-state index is 11.2. The fourth-order valence-corrected chi connectivity index (χ4v) is 1.84. The molecule has 0 spiro atoms. The quantitative estimate of drug-likeness (QED) is 0.828. The summed E-state index contributed by atoms with van der Waals surface area (Å²) in [6.07, 6.45) is 0. The number of hydrogen-bond acceptors (Lipinski definition) is 1. The van der Waals surface area contributed by atoms with Crippen LogP contribution in [-0.2, 0) is 0 Å². The lowest BCUT2D eigenvalue weighted by atomic mass is 9.95. The summed E-state index contributed by atoms with van der Waals surface area (Å²) in [6, 6.07) is 11.4. The zero-order chi connectivity index (χ0) is 11.7. The topological polar surface area (TPSA) is 37.3 Å². The number of carboxylic acid groups (broad SMARTS) is 1. The standard InChI is InChI=1S/C14H14O2/c1-9(2)11-7-10-5-3-4-6-12(10)13(8-11)14(15)16/h3-9H,1-2H3,(H,15,16). The van der Waals surface area contributed by atoms with Gasteiger partial charge in [-0.1, -0.05) is 44.2 Å². The van der Waals surface area contributed by atoms with Crippen molar-refractivity contribution in [2.75, 3.05) is 0 Å². The molecule has 16 heavy (non-hydrogen) atoms. The van der Waals surface area contributed by atoms with Gasteiger partial charge in [-0.15, -0.1) is 0 Å². The van der Waals surface area contributed by atoms with Gasteiger partial charge in [0.1, 0.15) is 0 Å². The van der Waals surface area contributed by atoms with E-state index in [9.17, 15) is 9.90 Å². The van der Waals surface area contributed by atoms with Crippen LogP contribution in [0.15, 0.2) is 36.4 Å². The predicted octanol–water partition coefficient (Wildman–Crippen LogP) is 3.66. The van der Waals surface area contributed by atoms with E-state index in [-0.39, 0.29) is 0 Å². The van der Waals surface area contributed by atoms with Gasteiger partial charge >= 0.3 is 5.97 Å². The molecule has 0 radical (unpaired) electrons. The Kier molecular flexibility index (Phi) is 2.65. The Bertz CT molecular complexity index is 541. The summed E-state index contributed by atoms with van der Waals surface area (Å²) in [4.78, 5) is 11.2. The van der Waals surface area contributed by atoms with E-state index in [1.165, 1.54) is 0 Å². The molecule has 0 saturated carbocycles. The van der Waals surface area contributed by atoms with Gasteiger partial charge in [-0.2, -0.15) is 0 Å². The Morgan fingerprint density at radius 1 is 1.19 bits per heavy atom. The molecule has 82 valence electrons.